The summed E-state index contributed by atoms with van der Waals surface area (Å²) in [7, 11) is 0. The number of carbonyl (C=O) groups is 1. The van der Waals surface area contributed by atoms with Crippen LogP contribution < -0.4 is 10.1 Å². The molecule has 1 fully saturated rings. The Kier molecular flexibility index (Phi) is 5.03. The molecule has 0 spiro atoms. The summed E-state index contributed by atoms with van der Waals surface area (Å²) >= 11 is 0. The molecule has 0 atom stereocenters. The van der Waals surface area contributed by atoms with Gasteiger partial charge in [-0.25, -0.2) is 14.8 Å². The molecule has 0 unspecified atom stereocenters. The van der Waals surface area contributed by atoms with Crippen LogP contribution in [0.4, 0.5) is 4.79 Å². The highest BCUT2D eigenvalue weighted by Gasteiger charge is 2.23. The van der Waals surface area contributed by atoms with E-state index in [1.54, 1.807) is 12.3 Å². The maximum Gasteiger partial charge on any atom is 0.317 e. The van der Waals surface area contributed by atoms with Crippen molar-refractivity contribution >= 4 is 6.03 Å². The molecular weight excluding hydrogens is 292 g/mol. The summed E-state index contributed by atoms with van der Waals surface area (Å²) in [5.74, 6) is 0.590. The summed E-state index contributed by atoms with van der Waals surface area (Å²) in [5, 5.41) is 2.96. The molecule has 1 aliphatic heterocycles. The lowest BCUT2D eigenvalue weighted by Crippen LogP contribution is -2.46. The molecule has 23 heavy (non-hydrogen) atoms. The Morgan fingerprint density at radius 1 is 1.22 bits per heavy atom. The Morgan fingerprint density at radius 2 is 2.00 bits per heavy atom. The molecule has 1 saturated heterocycles. The predicted octanol–water partition coefficient (Wildman–Crippen LogP) is 2.23. The number of ether oxygens (including phenoxy) is 1. The smallest absolute Gasteiger partial charge is 0.317 e. The Morgan fingerprint density at radius 3 is 2.70 bits per heavy atom. The fourth-order valence-corrected chi connectivity index (χ4v) is 2.58. The second kappa shape index (κ2) is 7.58. The van der Waals surface area contributed by atoms with Gasteiger partial charge in [-0.3, -0.25) is 0 Å². The van der Waals surface area contributed by atoms with Gasteiger partial charge in [0.15, 0.2) is 0 Å². The highest BCUT2D eigenvalue weighted by atomic mass is 16.5. The third-order valence-electron chi connectivity index (χ3n) is 3.86. The van der Waals surface area contributed by atoms with Crippen LogP contribution in [0.2, 0.25) is 0 Å². The highest BCUT2D eigenvalue weighted by molar-refractivity contribution is 5.74. The molecule has 2 aromatic rings. The fourth-order valence-electron chi connectivity index (χ4n) is 2.58. The third-order valence-corrected chi connectivity index (χ3v) is 3.86. The van der Waals surface area contributed by atoms with Crippen molar-refractivity contribution in [3.8, 4) is 5.88 Å². The number of nitrogens with zero attached hydrogens (tertiary/aromatic N) is 3. The van der Waals surface area contributed by atoms with Gasteiger partial charge in [0, 0.05) is 44.7 Å². The van der Waals surface area contributed by atoms with E-state index in [2.05, 4.69) is 15.3 Å². The summed E-state index contributed by atoms with van der Waals surface area (Å²) in [6.07, 6.45) is 4.85. The van der Waals surface area contributed by atoms with Crippen molar-refractivity contribution < 1.29 is 9.53 Å². The van der Waals surface area contributed by atoms with Crippen molar-refractivity contribution in [1.29, 1.82) is 0 Å². The molecule has 0 bridgehead atoms. The summed E-state index contributed by atoms with van der Waals surface area (Å²) in [6, 6.07) is 11.6. The van der Waals surface area contributed by atoms with Crippen molar-refractivity contribution in [3.05, 3.63) is 54.5 Å². The van der Waals surface area contributed by atoms with Gasteiger partial charge in [0.2, 0.25) is 5.88 Å². The van der Waals surface area contributed by atoms with Crippen molar-refractivity contribution in [2.45, 2.75) is 25.5 Å². The monoisotopic (exact) mass is 312 g/mol. The zero-order valence-corrected chi connectivity index (χ0v) is 12.9. The van der Waals surface area contributed by atoms with Crippen LogP contribution in [0.3, 0.4) is 0 Å². The number of aromatic nitrogens is 2. The molecular formula is C17H20N4O2. The van der Waals surface area contributed by atoms with Crippen molar-refractivity contribution in [1.82, 2.24) is 20.2 Å². The van der Waals surface area contributed by atoms with E-state index in [0.29, 0.717) is 25.5 Å². The van der Waals surface area contributed by atoms with Crippen molar-refractivity contribution in [2.24, 2.45) is 0 Å². The molecule has 6 nitrogen and oxygen atoms in total. The van der Waals surface area contributed by atoms with Crippen LogP contribution >= 0.6 is 0 Å². The van der Waals surface area contributed by atoms with Gasteiger partial charge in [-0.05, 0) is 5.56 Å². The molecule has 0 saturated carbocycles. The molecule has 0 aliphatic carbocycles. The quantitative estimate of drug-likeness (QED) is 0.940. The summed E-state index contributed by atoms with van der Waals surface area (Å²) in [5.41, 5.74) is 1.10. The van der Waals surface area contributed by atoms with Gasteiger partial charge in [-0.15, -0.1) is 0 Å². The number of nitrogens with one attached hydrogen (secondary N) is 1. The maximum atomic E-state index is 12.2. The maximum absolute atomic E-state index is 12.2. The van der Waals surface area contributed by atoms with E-state index in [9.17, 15) is 4.79 Å². The lowest BCUT2D eigenvalue weighted by molar-refractivity contribution is 0.107. The number of piperidine rings is 1. The second-order valence-electron chi connectivity index (χ2n) is 5.50. The topological polar surface area (TPSA) is 67.4 Å². The zero-order chi connectivity index (χ0) is 15.9. The lowest BCUT2D eigenvalue weighted by Gasteiger charge is -2.31. The second-order valence-corrected chi connectivity index (χ2v) is 5.50. The van der Waals surface area contributed by atoms with Gasteiger partial charge in [-0.2, -0.15) is 0 Å². The minimum Gasteiger partial charge on any atom is -0.474 e. The Bertz CT molecular complexity index is 613. The van der Waals surface area contributed by atoms with Crippen LogP contribution in [0.15, 0.2) is 48.9 Å². The number of likely N-dealkylation sites (tertiary alicyclic amines) is 1. The zero-order valence-electron chi connectivity index (χ0n) is 12.9. The van der Waals surface area contributed by atoms with E-state index in [4.69, 9.17) is 4.74 Å². The first-order valence-corrected chi connectivity index (χ1v) is 7.80. The van der Waals surface area contributed by atoms with Gasteiger partial charge in [-0.1, -0.05) is 30.3 Å². The van der Waals surface area contributed by atoms with E-state index in [-0.39, 0.29) is 12.1 Å². The number of carbonyl (C=O) groups excluding carboxylic acids is 1. The number of amides is 2. The summed E-state index contributed by atoms with van der Waals surface area (Å²) < 4.78 is 5.80. The lowest BCUT2D eigenvalue weighted by atomic mass is 10.1. The van der Waals surface area contributed by atoms with E-state index < -0.39 is 0 Å². The predicted molar refractivity (Wildman–Crippen MR) is 85.9 cm³/mol. The van der Waals surface area contributed by atoms with E-state index >= 15 is 0 Å². The number of rotatable bonds is 4. The molecule has 1 aliphatic rings. The first-order chi connectivity index (χ1) is 11.3. The van der Waals surface area contributed by atoms with E-state index in [0.717, 1.165) is 18.4 Å². The van der Waals surface area contributed by atoms with E-state index in [1.165, 1.54) is 6.33 Å². The standard InChI is InChI=1S/C17H20N4O2/c22-17(19-12-14-4-2-1-3-5-14)21-10-7-15(8-11-21)23-16-6-9-18-13-20-16/h1-6,9,13,15H,7-8,10-12H2,(H,19,22). The number of urea groups is 1. The van der Waals surface area contributed by atoms with E-state index in [1.807, 2.05) is 35.2 Å². The molecule has 0 radical (unpaired) electrons. The first-order valence-electron chi connectivity index (χ1n) is 7.80. The van der Waals surface area contributed by atoms with Gasteiger partial charge >= 0.3 is 6.03 Å². The summed E-state index contributed by atoms with van der Waals surface area (Å²) in [6.45, 7) is 1.93. The number of hydrogen-bond donors (Lipinski definition) is 1. The Balaban J connectivity index is 1.42. The van der Waals surface area contributed by atoms with Crippen LogP contribution in [0.25, 0.3) is 0 Å². The third kappa shape index (κ3) is 4.42. The highest BCUT2D eigenvalue weighted by Crippen LogP contribution is 2.16. The first kappa shape index (κ1) is 15.3. The average Bonchev–Trinajstić information content (AvgIpc) is 2.62. The molecule has 6 heteroatoms. The molecule has 120 valence electrons. The van der Waals surface area contributed by atoms with Gasteiger partial charge in [0.1, 0.15) is 12.4 Å². The molecule has 2 amide bonds. The SMILES string of the molecule is O=C(NCc1ccccc1)N1CCC(Oc2ccncn2)CC1. The van der Waals surface area contributed by atoms with Crippen LogP contribution in [-0.2, 0) is 6.54 Å². The Hall–Kier alpha value is -2.63. The van der Waals surface area contributed by atoms with Gasteiger partial charge in [0.25, 0.3) is 0 Å². The minimum atomic E-state index is -0.0191. The largest absolute Gasteiger partial charge is 0.474 e. The fraction of sp³-hybridized carbons (Fsp3) is 0.353. The van der Waals surface area contributed by atoms with Crippen LogP contribution in [-0.4, -0.2) is 40.1 Å². The number of hydrogen-bond acceptors (Lipinski definition) is 4. The van der Waals surface area contributed by atoms with Crippen LogP contribution in [0.5, 0.6) is 5.88 Å². The Labute approximate surface area is 135 Å². The molecule has 1 N–H and O–H groups in total. The molecule has 2 heterocycles. The van der Waals surface area contributed by atoms with Gasteiger partial charge in [0.05, 0.1) is 0 Å². The minimum absolute atomic E-state index is 0.0191. The van der Waals surface area contributed by atoms with Crippen molar-refractivity contribution in [3.63, 3.8) is 0 Å². The van der Waals surface area contributed by atoms with Crippen molar-refractivity contribution in [2.75, 3.05) is 13.1 Å². The summed E-state index contributed by atoms with van der Waals surface area (Å²) in [4.78, 5) is 22.0. The number of benzene rings is 1. The van der Waals surface area contributed by atoms with Crippen LogP contribution in [0, 0.1) is 0 Å². The normalized spacial score (nSPS) is 15.2. The molecule has 1 aromatic carbocycles. The molecule has 1 aromatic heterocycles. The van der Waals surface area contributed by atoms with Crippen LogP contribution in [0.1, 0.15) is 18.4 Å². The molecule has 3 rings (SSSR count). The average molecular weight is 312 g/mol. The van der Waals surface area contributed by atoms with Gasteiger partial charge < -0.3 is 15.0 Å².